The van der Waals surface area contributed by atoms with Gasteiger partial charge < -0.3 is 10.2 Å². The lowest BCUT2D eigenvalue weighted by atomic mass is 10.0. The molecule has 0 spiro atoms. The highest BCUT2D eigenvalue weighted by atomic mass is 79.9. The average Bonchev–Trinajstić information content (AvgIpc) is 2.48. The molecular weight excluding hydrogens is 334 g/mol. The maximum Gasteiger partial charge on any atom is 0.255 e. The summed E-state index contributed by atoms with van der Waals surface area (Å²) in [5.41, 5.74) is 0.603. The van der Waals surface area contributed by atoms with Crippen molar-refractivity contribution in [1.82, 2.24) is 15.2 Å². The molecule has 2 rings (SSSR count). The van der Waals surface area contributed by atoms with Gasteiger partial charge in [-0.1, -0.05) is 6.92 Å². The molecule has 0 bridgehead atoms. The van der Waals surface area contributed by atoms with E-state index in [1.54, 1.807) is 18.3 Å². The Morgan fingerprint density at radius 3 is 2.67 bits per heavy atom. The summed E-state index contributed by atoms with van der Waals surface area (Å²) in [5.74, 6) is 0.118. The molecule has 1 N–H and O–H groups in total. The zero-order valence-electron chi connectivity index (χ0n) is 12.1. The summed E-state index contributed by atoms with van der Waals surface area (Å²) in [6.45, 7) is 3.34. The van der Waals surface area contributed by atoms with Gasteiger partial charge in [0.25, 0.3) is 5.91 Å². The van der Waals surface area contributed by atoms with E-state index in [0.717, 1.165) is 23.9 Å². The Kier molecular flexibility index (Phi) is 5.73. The van der Waals surface area contributed by atoms with E-state index < -0.39 is 0 Å². The molecule has 1 fully saturated rings. The number of nitrogens with one attached hydrogen (secondary N) is 1. The number of amides is 2. The molecule has 114 valence electrons. The molecule has 21 heavy (non-hydrogen) atoms. The van der Waals surface area contributed by atoms with Crippen molar-refractivity contribution in [1.29, 1.82) is 0 Å². The number of halogens is 1. The van der Waals surface area contributed by atoms with E-state index in [9.17, 15) is 9.59 Å². The first-order chi connectivity index (χ1) is 10.1. The summed E-state index contributed by atoms with van der Waals surface area (Å²) in [6.07, 6.45) is 4.64. The minimum Gasteiger partial charge on any atom is -0.353 e. The fourth-order valence-electron chi connectivity index (χ4n) is 2.44. The molecule has 6 heteroatoms. The summed E-state index contributed by atoms with van der Waals surface area (Å²) in [4.78, 5) is 29.8. The normalized spacial score (nSPS) is 15.8. The lowest BCUT2D eigenvalue weighted by molar-refractivity contribution is -0.122. The molecule has 0 unspecified atom stereocenters. The molecule has 0 aromatic carbocycles. The van der Waals surface area contributed by atoms with Crippen LogP contribution in [-0.2, 0) is 4.79 Å². The van der Waals surface area contributed by atoms with E-state index >= 15 is 0 Å². The summed E-state index contributed by atoms with van der Waals surface area (Å²) in [5, 5.41) is 3.03. The number of carbonyl (C=O) groups excluding carboxylic acids is 2. The van der Waals surface area contributed by atoms with Crippen molar-refractivity contribution in [2.45, 2.75) is 38.6 Å². The number of piperidine rings is 1. The van der Waals surface area contributed by atoms with E-state index in [1.165, 1.54) is 0 Å². The monoisotopic (exact) mass is 353 g/mol. The second-order valence-corrected chi connectivity index (χ2v) is 6.07. The molecule has 0 atom stereocenters. The zero-order valence-corrected chi connectivity index (χ0v) is 13.7. The van der Waals surface area contributed by atoms with Gasteiger partial charge >= 0.3 is 0 Å². The second kappa shape index (κ2) is 7.54. The van der Waals surface area contributed by atoms with Gasteiger partial charge in [0.05, 0.1) is 5.56 Å². The van der Waals surface area contributed by atoms with Gasteiger partial charge in [-0.05, 0) is 47.3 Å². The molecular formula is C15H20BrN3O2. The van der Waals surface area contributed by atoms with Crippen molar-refractivity contribution >= 4 is 27.7 Å². The first kappa shape index (κ1) is 15.9. The quantitative estimate of drug-likeness (QED) is 0.845. The first-order valence-electron chi connectivity index (χ1n) is 7.30. The highest BCUT2D eigenvalue weighted by Crippen LogP contribution is 2.15. The number of nitrogens with zero attached hydrogens (tertiary/aromatic N) is 2. The van der Waals surface area contributed by atoms with Gasteiger partial charge in [-0.25, -0.2) is 4.98 Å². The van der Waals surface area contributed by atoms with Crippen LogP contribution >= 0.6 is 15.9 Å². The number of carbonyl (C=O) groups is 2. The fourth-order valence-corrected chi connectivity index (χ4v) is 2.67. The summed E-state index contributed by atoms with van der Waals surface area (Å²) < 4.78 is 0.719. The van der Waals surface area contributed by atoms with E-state index in [4.69, 9.17) is 0 Å². The van der Waals surface area contributed by atoms with Gasteiger partial charge in [0.15, 0.2) is 0 Å². The van der Waals surface area contributed by atoms with Crippen LogP contribution in [0.5, 0.6) is 0 Å². The lowest BCUT2D eigenvalue weighted by Crippen LogP contribution is -2.46. The predicted molar refractivity (Wildman–Crippen MR) is 83.9 cm³/mol. The summed E-state index contributed by atoms with van der Waals surface area (Å²) in [6, 6.07) is 3.73. The van der Waals surface area contributed by atoms with Gasteiger partial charge in [0.1, 0.15) is 4.60 Å². The molecule has 0 saturated carbocycles. The molecule has 1 aliphatic heterocycles. The largest absolute Gasteiger partial charge is 0.353 e. The Morgan fingerprint density at radius 1 is 1.38 bits per heavy atom. The molecule has 1 aromatic rings. The van der Waals surface area contributed by atoms with Crippen LogP contribution in [-0.4, -0.2) is 40.8 Å². The maximum atomic E-state index is 12.3. The fraction of sp³-hybridized carbons (Fsp3) is 0.533. The van der Waals surface area contributed by atoms with Crippen molar-refractivity contribution in [2.75, 3.05) is 13.1 Å². The molecule has 1 saturated heterocycles. The molecule has 1 aromatic heterocycles. The van der Waals surface area contributed by atoms with E-state index in [2.05, 4.69) is 26.2 Å². The Hall–Kier alpha value is -1.43. The van der Waals surface area contributed by atoms with Crippen LogP contribution in [0.1, 0.15) is 43.0 Å². The van der Waals surface area contributed by atoms with E-state index in [1.807, 2.05) is 11.8 Å². The minimum atomic E-state index is 0.00772. The van der Waals surface area contributed by atoms with Gasteiger partial charge in [-0.2, -0.15) is 0 Å². The molecule has 0 radical (unpaired) electrons. The number of pyridine rings is 1. The van der Waals surface area contributed by atoms with Gasteiger partial charge in [-0.3, -0.25) is 9.59 Å². The standard InChI is InChI=1S/C15H20BrN3O2/c1-2-3-14(20)18-12-6-8-19(9-7-12)15(21)11-4-5-13(16)17-10-11/h4-5,10,12H,2-3,6-9H2,1H3,(H,18,20). The van der Waals surface area contributed by atoms with Crippen LogP contribution in [0.25, 0.3) is 0 Å². The van der Waals surface area contributed by atoms with Gasteiger partial charge in [-0.15, -0.1) is 0 Å². The molecule has 2 heterocycles. The third-order valence-electron chi connectivity index (χ3n) is 3.60. The highest BCUT2D eigenvalue weighted by molar-refractivity contribution is 9.10. The van der Waals surface area contributed by atoms with Gasteiger partial charge in [0, 0.05) is 31.7 Å². The summed E-state index contributed by atoms with van der Waals surface area (Å²) >= 11 is 3.26. The Bertz CT molecular complexity index is 496. The van der Waals surface area contributed by atoms with Crippen molar-refractivity contribution in [2.24, 2.45) is 0 Å². The predicted octanol–water partition coefficient (Wildman–Crippen LogP) is 2.37. The number of hydrogen-bond acceptors (Lipinski definition) is 3. The number of aromatic nitrogens is 1. The number of rotatable bonds is 4. The zero-order chi connectivity index (χ0) is 15.2. The third kappa shape index (κ3) is 4.52. The van der Waals surface area contributed by atoms with E-state index in [-0.39, 0.29) is 17.9 Å². The minimum absolute atomic E-state index is 0.00772. The van der Waals surface area contributed by atoms with E-state index in [0.29, 0.717) is 25.1 Å². The smallest absolute Gasteiger partial charge is 0.255 e. The molecule has 5 nitrogen and oxygen atoms in total. The summed E-state index contributed by atoms with van der Waals surface area (Å²) in [7, 11) is 0. The average molecular weight is 354 g/mol. The SMILES string of the molecule is CCCC(=O)NC1CCN(C(=O)c2ccc(Br)nc2)CC1. The Balaban J connectivity index is 1.84. The highest BCUT2D eigenvalue weighted by Gasteiger charge is 2.24. The first-order valence-corrected chi connectivity index (χ1v) is 8.09. The van der Waals surface area contributed by atoms with Crippen LogP contribution in [0.4, 0.5) is 0 Å². The van der Waals surface area contributed by atoms with Crippen molar-refractivity contribution < 1.29 is 9.59 Å². The molecule has 0 aliphatic carbocycles. The van der Waals surface area contributed by atoms with Gasteiger partial charge in [0.2, 0.25) is 5.91 Å². The number of hydrogen-bond donors (Lipinski definition) is 1. The van der Waals surface area contributed by atoms with Crippen LogP contribution < -0.4 is 5.32 Å². The number of likely N-dealkylation sites (tertiary alicyclic amines) is 1. The third-order valence-corrected chi connectivity index (χ3v) is 4.07. The van der Waals surface area contributed by atoms with Crippen LogP contribution in [0.3, 0.4) is 0 Å². The lowest BCUT2D eigenvalue weighted by Gasteiger charge is -2.32. The van der Waals surface area contributed by atoms with Crippen molar-refractivity contribution in [3.05, 3.63) is 28.5 Å². The molecule has 2 amide bonds. The Labute approximate surface area is 133 Å². The maximum absolute atomic E-state index is 12.3. The molecule has 1 aliphatic rings. The topological polar surface area (TPSA) is 62.3 Å². The second-order valence-electron chi connectivity index (χ2n) is 5.25. The van der Waals surface area contributed by atoms with Crippen LogP contribution in [0, 0.1) is 0 Å². The van der Waals surface area contributed by atoms with Crippen molar-refractivity contribution in [3.8, 4) is 0 Å². The van der Waals surface area contributed by atoms with Crippen LogP contribution in [0.2, 0.25) is 0 Å². The van der Waals surface area contributed by atoms with Crippen LogP contribution in [0.15, 0.2) is 22.9 Å². The Morgan fingerprint density at radius 2 is 2.10 bits per heavy atom. The van der Waals surface area contributed by atoms with Crippen molar-refractivity contribution in [3.63, 3.8) is 0 Å².